The number of piperidine rings is 1. The minimum absolute atomic E-state index is 0.0483. The zero-order chi connectivity index (χ0) is 24.1. The maximum atomic E-state index is 12.7. The van der Waals surface area contributed by atoms with Crippen LogP contribution in [-0.4, -0.2) is 67.5 Å². The molecule has 3 heterocycles. The Bertz CT molecular complexity index is 1000. The van der Waals surface area contributed by atoms with Gasteiger partial charge in [0.05, 0.1) is 13.2 Å². The fourth-order valence-electron chi connectivity index (χ4n) is 4.03. The molecule has 0 unspecified atom stereocenters. The minimum Gasteiger partial charge on any atom is -0.406 e. The molecule has 2 saturated heterocycles. The number of rotatable bonds is 5. The zero-order valence-electron chi connectivity index (χ0n) is 18.4. The molecular formula is C23H25F3N4O4. The van der Waals surface area contributed by atoms with Crippen LogP contribution >= 0.6 is 0 Å². The van der Waals surface area contributed by atoms with Crippen LogP contribution in [0.1, 0.15) is 23.2 Å². The van der Waals surface area contributed by atoms with E-state index in [1.807, 2.05) is 4.90 Å². The summed E-state index contributed by atoms with van der Waals surface area (Å²) in [5, 5.41) is 2.75. The second-order valence-corrected chi connectivity index (χ2v) is 8.13. The van der Waals surface area contributed by atoms with Crippen LogP contribution in [0.5, 0.6) is 5.75 Å². The van der Waals surface area contributed by atoms with Gasteiger partial charge in [0.15, 0.2) is 0 Å². The first-order valence-corrected chi connectivity index (χ1v) is 11.0. The quantitative estimate of drug-likeness (QED) is 0.710. The molecule has 0 bridgehead atoms. The van der Waals surface area contributed by atoms with Gasteiger partial charge in [0.2, 0.25) is 5.91 Å². The smallest absolute Gasteiger partial charge is 0.406 e. The standard InChI is InChI=1S/C23H25F3N4O4/c24-23(25,26)34-19-3-1-18(2-4-19)28-21(31)16-6-9-29(10-7-16)20-15-17(5-8-27-20)22(32)30-11-13-33-14-12-30/h1-5,8,15-16H,6-7,9-14H2,(H,28,31). The normalized spacial score (nSPS) is 17.4. The predicted octanol–water partition coefficient (Wildman–Crippen LogP) is 3.31. The van der Waals surface area contributed by atoms with Gasteiger partial charge in [-0.25, -0.2) is 4.98 Å². The molecule has 1 aromatic heterocycles. The van der Waals surface area contributed by atoms with E-state index >= 15 is 0 Å². The van der Waals surface area contributed by atoms with Crippen molar-refractivity contribution in [1.29, 1.82) is 0 Å². The number of amides is 2. The highest BCUT2D eigenvalue weighted by Crippen LogP contribution is 2.26. The molecule has 2 fully saturated rings. The molecule has 182 valence electrons. The number of carbonyl (C=O) groups is 2. The Balaban J connectivity index is 1.30. The summed E-state index contributed by atoms with van der Waals surface area (Å²) in [6.45, 7) is 3.39. The van der Waals surface area contributed by atoms with E-state index in [4.69, 9.17) is 4.74 Å². The molecule has 11 heteroatoms. The summed E-state index contributed by atoms with van der Waals surface area (Å²) in [5.74, 6) is -0.124. The Morgan fingerprint density at radius 2 is 1.71 bits per heavy atom. The molecule has 2 aromatic rings. The highest BCUT2D eigenvalue weighted by molar-refractivity contribution is 5.95. The van der Waals surface area contributed by atoms with Crippen LogP contribution in [0.2, 0.25) is 0 Å². The average Bonchev–Trinajstić information content (AvgIpc) is 2.84. The number of hydrogen-bond donors (Lipinski definition) is 1. The van der Waals surface area contributed by atoms with E-state index in [1.54, 1.807) is 23.2 Å². The lowest BCUT2D eigenvalue weighted by molar-refractivity contribution is -0.274. The second-order valence-electron chi connectivity index (χ2n) is 8.13. The Morgan fingerprint density at radius 3 is 2.35 bits per heavy atom. The van der Waals surface area contributed by atoms with Crippen LogP contribution in [-0.2, 0) is 9.53 Å². The molecular weight excluding hydrogens is 453 g/mol. The number of morpholine rings is 1. The summed E-state index contributed by atoms with van der Waals surface area (Å²) >= 11 is 0. The van der Waals surface area contributed by atoms with Crippen molar-refractivity contribution in [1.82, 2.24) is 9.88 Å². The van der Waals surface area contributed by atoms with E-state index in [1.165, 1.54) is 12.1 Å². The molecule has 8 nitrogen and oxygen atoms in total. The highest BCUT2D eigenvalue weighted by atomic mass is 19.4. The van der Waals surface area contributed by atoms with Crippen LogP contribution in [0.3, 0.4) is 0 Å². The molecule has 0 radical (unpaired) electrons. The third-order valence-electron chi connectivity index (χ3n) is 5.84. The van der Waals surface area contributed by atoms with Crippen LogP contribution < -0.4 is 15.0 Å². The molecule has 2 aliphatic rings. The summed E-state index contributed by atoms with van der Waals surface area (Å²) in [7, 11) is 0. The van der Waals surface area contributed by atoms with Gasteiger partial charge in [0.25, 0.3) is 5.91 Å². The van der Waals surface area contributed by atoms with Crippen molar-refractivity contribution in [2.75, 3.05) is 49.6 Å². The molecule has 0 aliphatic carbocycles. The monoisotopic (exact) mass is 478 g/mol. The van der Waals surface area contributed by atoms with E-state index in [9.17, 15) is 22.8 Å². The van der Waals surface area contributed by atoms with Gasteiger partial charge in [-0.3, -0.25) is 9.59 Å². The third-order valence-corrected chi connectivity index (χ3v) is 5.84. The number of ether oxygens (including phenoxy) is 2. The fourth-order valence-corrected chi connectivity index (χ4v) is 4.03. The van der Waals surface area contributed by atoms with Crippen LogP contribution in [0.4, 0.5) is 24.7 Å². The Labute approximate surface area is 194 Å². The van der Waals surface area contributed by atoms with Crippen molar-refractivity contribution < 1.29 is 32.2 Å². The first kappa shape index (κ1) is 23.8. The van der Waals surface area contributed by atoms with Gasteiger partial charge < -0.3 is 24.6 Å². The first-order chi connectivity index (χ1) is 16.3. The number of carbonyl (C=O) groups excluding carboxylic acids is 2. The number of hydrogen-bond acceptors (Lipinski definition) is 6. The third kappa shape index (κ3) is 6.16. The van der Waals surface area contributed by atoms with Crippen molar-refractivity contribution in [3.05, 3.63) is 48.2 Å². The largest absolute Gasteiger partial charge is 0.573 e. The molecule has 1 aromatic carbocycles. The molecule has 0 atom stereocenters. The van der Waals surface area contributed by atoms with E-state index in [2.05, 4.69) is 15.0 Å². The number of anilines is 2. The Morgan fingerprint density at radius 1 is 1.03 bits per heavy atom. The maximum Gasteiger partial charge on any atom is 0.573 e. The number of halogens is 3. The summed E-state index contributed by atoms with van der Waals surface area (Å²) < 4.78 is 46.0. The molecule has 4 rings (SSSR count). The van der Waals surface area contributed by atoms with Gasteiger partial charge in [-0.1, -0.05) is 0 Å². The second kappa shape index (κ2) is 10.3. The molecule has 0 spiro atoms. The topological polar surface area (TPSA) is 84.0 Å². The van der Waals surface area contributed by atoms with Gasteiger partial charge in [-0.15, -0.1) is 13.2 Å². The van der Waals surface area contributed by atoms with Crippen LogP contribution in [0, 0.1) is 5.92 Å². The van der Waals surface area contributed by atoms with Gasteiger partial charge in [-0.05, 0) is 49.2 Å². The Kier molecular flexibility index (Phi) is 7.20. The van der Waals surface area contributed by atoms with E-state index in [-0.39, 0.29) is 23.5 Å². The number of aromatic nitrogens is 1. The van der Waals surface area contributed by atoms with Gasteiger partial charge in [0.1, 0.15) is 11.6 Å². The lowest BCUT2D eigenvalue weighted by Crippen LogP contribution is -2.41. The molecule has 0 saturated carbocycles. The SMILES string of the molecule is O=C(Nc1ccc(OC(F)(F)F)cc1)C1CCN(c2cc(C(=O)N3CCOCC3)ccn2)CC1. The molecule has 1 N–H and O–H groups in total. The Hall–Kier alpha value is -3.34. The van der Waals surface area contributed by atoms with E-state index in [0.717, 1.165) is 12.1 Å². The molecule has 2 aliphatic heterocycles. The van der Waals surface area contributed by atoms with Crippen LogP contribution in [0.15, 0.2) is 42.6 Å². The minimum atomic E-state index is -4.76. The lowest BCUT2D eigenvalue weighted by Gasteiger charge is -2.32. The number of alkyl halides is 3. The van der Waals surface area contributed by atoms with E-state index in [0.29, 0.717) is 69.3 Å². The van der Waals surface area contributed by atoms with Crippen molar-refractivity contribution in [3.63, 3.8) is 0 Å². The zero-order valence-corrected chi connectivity index (χ0v) is 18.4. The fraction of sp³-hybridized carbons (Fsp3) is 0.435. The average molecular weight is 478 g/mol. The lowest BCUT2D eigenvalue weighted by atomic mass is 9.95. The summed E-state index contributed by atoms with van der Waals surface area (Å²) in [4.78, 5) is 33.6. The predicted molar refractivity (Wildman–Crippen MR) is 118 cm³/mol. The number of nitrogens with zero attached hydrogens (tertiary/aromatic N) is 3. The maximum absolute atomic E-state index is 12.7. The highest BCUT2D eigenvalue weighted by Gasteiger charge is 2.31. The number of nitrogens with one attached hydrogen (secondary N) is 1. The van der Waals surface area contributed by atoms with E-state index < -0.39 is 6.36 Å². The van der Waals surface area contributed by atoms with Crippen molar-refractivity contribution in [3.8, 4) is 5.75 Å². The first-order valence-electron chi connectivity index (χ1n) is 11.0. The van der Waals surface area contributed by atoms with Crippen molar-refractivity contribution in [2.24, 2.45) is 5.92 Å². The van der Waals surface area contributed by atoms with Crippen molar-refractivity contribution in [2.45, 2.75) is 19.2 Å². The number of pyridine rings is 1. The summed E-state index contributed by atoms with van der Waals surface area (Å²) in [6, 6.07) is 8.53. The van der Waals surface area contributed by atoms with Gasteiger partial charge >= 0.3 is 6.36 Å². The molecule has 34 heavy (non-hydrogen) atoms. The summed E-state index contributed by atoms with van der Waals surface area (Å²) in [6.07, 6.45) is -1.97. The van der Waals surface area contributed by atoms with Gasteiger partial charge in [-0.2, -0.15) is 0 Å². The van der Waals surface area contributed by atoms with Crippen LogP contribution in [0.25, 0.3) is 0 Å². The number of benzene rings is 1. The molecule has 2 amide bonds. The van der Waals surface area contributed by atoms with Gasteiger partial charge in [0, 0.05) is 49.5 Å². The summed E-state index contributed by atoms with van der Waals surface area (Å²) in [5.41, 5.74) is 0.975. The van der Waals surface area contributed by atoms with Crippen molar-refractivity contribution >= 4 is 23.3 Å².